The quantitative estimate of drug-likeness (QED) is 0.711. The molecule has 0 amide bonds. The second-order valence-electron chi connectivity index (χ2n) is 6.98. The maximum atomic E-state index is 11.8. The van der Waals surface area contributed by atoms with Crippen molar-refractivity contribution >= 4 is 5.97 Å². The molecule has 4 heteroatoms. The minimum Gasteiger partial charge on any atom is -0.469 e. The summed E-state index contributed by atoms with van der Waals surface area (Å²) in [5, 5.41) is 0. The van der Waals surface area contributed by atoms with Crippen LogP contribution in [0.25, 0.3) is 0 Å². The maximum absolute atomic E-state index is 11.8. The zero-order valence-corrected chi connectivity index (χ0v) is 15.2. The molecule has 24 heavy (non-hydrogen) atoms. The van der Waals surface area contributed by atoms with Gasteiger partial charge in [-0.1, -0.05) is 44.2 Å². The van der Waals surface area contributed by atoms with Crippen molar-refractivity contribution in [3.8, 4) is 0 Å². The van der Waals surface area contributed by atoms with Gasteiger partial charge in [0.05, 0.1) is 38.4 Å². The molecule has 4 nitrogen and oxygen atoms in total. The van der Waals surface area contributed by atoms with Crippen molar-refractivity contribution in [1.29, 1.82) is 0 Å². The molecule has 5 atom stereocenters. The first kappa shape index (κ1) is 18.9. The molecule has 1 aromatic carbocycles. The van der Waals surface area contributed by atoms with E-state index in [4.69, 9.17) is 14.2 Å². The van der Waals surface area contributed by atoms with E-state index < -0.39 is 0 Å². The van der Waals surface area contributed by atoms with Crippen LogP contribution in [0.4, 0.5) is 0 Å². The summed E-state index contributed by atoms with van der Waals surface area (Å²) in [6, 6.07) is 10.2. The highest BCUT2D eigenvalue weighted by atomic mass is 16.5. The lowest BCUT2D eigenvalue weighted by atomic mass is 9.84. The van der Waals surface area contributed by atoms with Crippen LogP contribution >= 0.6 is 0 Å². The van der Waals surface area contributed by atoms with E-state index in [-0.39, 0.29) is 30.0 Å². The van der Waals surface area contributed by atoms with Gasteiger partial charge in [0.25, 0.3) is 0 Å². The van der Waals surface area contributed by atoms with Gasteiger partial charge in [0, 0.05) is 5.92 Å². The van der Waals surface area contributed by atoms with Crippen LogP contribution in [0, 0.1) is 17.8 Å². The van der Waals surface area contributed by atoms with Gasteiger partial charge in [0.2, 0.25) is 0 Å². The van der Waals surface area contributed by atoms with Crippen LogP contribution in [0.5, 0.6) is 0 Å². The number of esters is 1. The molecule has 0 aliphatic carbocycles. The second-order valence-corrected chi connectivity index (χ2v) is 6.98. The van der Waals surface area contributed by atoms with Crippen molar-refractivity contribution in [2.45, 2.75) is 52.4 Å². The molecule has 0 unspecified atom stereocenters. The zero-order valence-electron chi connectivity index (χ0n) is 15.2. The molecule has 1 heterocycles. The van der Waals surface area contributed by atoms with E-state index in [1.54, 1.807) is 0 Å². The SMILES string of the molecule is COC(=O)[C@@H](C)[C@@H]1CC[C@H](C)[C@@H]([C@H](C)COCc2ccccc2)O1. The summed E-state index contributed by atoms with van der Waals surface area (Å²) >= 11 is 0. The molecule has 1 fully saturated rings. The highest BCUT2D eigenvalue weighted by Gasteiger charge is 2.36. The largest absolute Gasteiger partial charge is 0.469 e. The van der Waals surface area contributed by atoms with E-state index in [2.05, 4.69) is 26.0 Å². The Morgan fingerprint density at radius 2 is 1.96 bits per heavy atom. The van der Waals surface area contributed by atoms with E-state index in [1.165, 1.54) is 12.7 Å². The summed E-state index contributed by atoms with van der Waals surface area (Å²) in [5.74, 6) is 0.349. The first-order chi connectivity index (χ1) is 11.5. The molecule has 0 bridgehead atoms. The van der Waals surface area contributed by atoms with Crippen LogP contribution in [0.15, 0.2) is 30.3 Å². The number of ether oxygens (including phenoxy) is 3. The summed E-state index contributed by atoms with van der Waals surface area (Å²) in [5.41, 5.74) is 1.18. The lowest BCUT2D eigenvalue weighted by Gasteiger charge is -2.39. The van der Waals surface area contributed by atoms with E-state index in [0.29, 0.717) is 19.1 Å². The van der Waals surface area contributed by atoms with Crippen molar-refractivity contribution in [2.24, 2.45) is 17.8 Å². The number of carbonyl (C=O) groups excluding carboxylic acids is 1. The molecule has 1 aliphatic rings. The van der Waals surface area contributed by atoms with Gasteiger partial charge in [0.15, 0.2) is 0 Å². The summed E-state index contributed by atoms with van der Waals surface area (Å²) in [6.45, 7) is 7.55. The van der Waals surface area contributed by atoms with Crippen molar-refractivity contribution in [2.75, 3.05) is 13.7 Å². The van der Waals surface area contributed by atoms with Crippen LogP contribution in [-0.4, -0.2) is 31.9 Å². The third-order valence-corrected chi connectivity index (χ3v) is 4.98. The Labute approximate surface area is 145 Å². The third-order valence-electron chi connectivity index (χ3n) is 4.98. The molecule has 1 saturated heterocycles. The Morgan fingerprint density at radius 1 is 1.25 bits per heavy atom. The number of hydrogen-bond donors (Lipinski definition) is 0. The number of methoxy groups -OCH3 is 1. The van der Waals surface area contributed by atoms with E-state index >= 15 is 0 Å². The Kier molecular flexibility index (Phi) is 7.25. The van der Waals surface area contributed by atoms with Gasteiger partial charge in [-0.15, -0.1) is 0 Å². The Hall–Kier alpha value is -1.39. The lowest BCUT2D eigenvalue weighted by molar-refractivity contribution is -0.164. The summed E-state index contributed by atoms with van der Waals surface area (Å²) in [4.78, 5) is 11.8. The smallest absolute Gasteiger partial charge is 0.311 e. The molecule has 0 spiro atoms. The number of rotatable bonds is 7. The molecule has 0 saturated carbocycles. The summed E-state index contributed by atoms with van der Waals surface area (Å²) in [7, 11) is 1.43. The highest BCUT2D eigenvalue weighted by molar-refractivity contribution is 5.72. The molecule has 134 valence electrons. The number of benzene rings is 1. The zero-order chi connectivity index (χ0) is 17.5. The van der Waals surface area contributed by atoms with Gasteiger partial charge in [-0.05, 0) is 31.2 Å². The molecular formula is C20H30O4. The normalized spacial score (nSPS) is 26.6. The summed E-state index contributed by atoms with van der Waals surface area (Å²) < 4.78 is 17.0. The van der Waals surface area contributed by atoms with Gasteiger partial charge < -0.3 is 14.2 Å². The minimum absolute atomic E-state index is 0.0600. The second kappa shape index (κ2) is 9.19. The fraction of sp³-hybridized carbons (Fsp3) is 0.650. The Balaban J connectivity index is 1.84. The van der Waals surface area contributed by atoms with Gasteiger partial charge in [-0.3, -0.25) is 4.79 Å². The highest BCUT2D eigenvalue weighted by Crippen LogP contribution is 2.33. The first-order valence-corrected chi connectivity index (χ1v) is 8.87. The molecule has 1 aromatic rings. The van der Waals surface area contributed by atoms with Crippen LogP contribution in [-0.2, 0) is 25.6 Å². The van der Waals surface area contributed by atoms with E-state index in [1.807, 2.05) is 25.1 Å². The van der Waals surface area contributed by atoms with Gasteiger partial charge in [0.1, 0.15) is 0 Å². The fourth-order valence-electron chi connectivity index (χ4n) is 3.43. The number of hydrogen-bond acceptors (Lipinski definition) is 4. The minimum atomic E-state index is -0.220. The predicted molar refractivity (Wildman–Crippen MR) is 93.5 cm³/mol. The standard InChI is InChI=1S/C20H30O4/c1-14-10-11-18(16(3)20(21)22-4)24-19(14)15(2)12-23-13-17-8-6-5-7-9-17/h5-9,14-16,18-19H,10-13H2,1-4H3/t14-,15+,16-,18-,19-/m0/s1. The van der Waals surface area contributed by atoms with E-state index in [0.717, 1.165) is 12.8 Å². The number of carbonyl (C=O) groups is 1. The van der Waals surface area contributed by atoms with E-state index in [9.17, 15) is 4.79 Å². The Bertz CT molecular complexity index is 502. The average molecular weight is 334 g/mol. The van der Waals surface area contributed by atoms with Crippen molar-refractivity contribution in [3.05, 3.63) is 35.9 Å². The first-order valence-electron chi connectivity index (χ1n) is 8.87. The molecule has 0 aromatic heterocycles. The fourth-order valence-corrected chi connectivity index (χ4v) is 3.43. The van der Waals surface area contributed by atoms with Gasteiger partial charge in [-0.25, -0.2) is 0 Å². The van der Waals surface area contributed by atoms with Crippen LogP contribution in [0.2, 0.25) is 0 Å². The third kappa shape index (κ3) is 5.05. The van der Waals surface area contributed by atoms with Crippen LogP contribution in [0.3, 0.4) is 0 Å². The van der Waals surface area contributed by atoms with Crippen LogP contribution in [0.1, 0.15) is 39.2 Å². The molecular weight excluding hydrogens is 304 g/mol. The van der Waals surface area contributed by atoms with Gasteiger partial charge >= 0.3 is 5.97 Å². The molecule has 0 radical (unpaired) electrons. The maximum Gasteiger partial charge on any atom is 0.311 e. The monoisotopic (exact) mass is 334 g/mol. The molecule has 1 aliphatic heterocycles. The van der Waals surface area contributed by atoms with Crippen molar-refractivity contribution in [3.63, 3.8) is 0 Å². The van der Waals surface area contributed by atoms with Crippen molar-refractivity contribution < 1.29 is 19.0 Å². The Morgan fingerprint density at radius 3 is 2.62 bits per heavy atom. The molecule has 2 rings (SSSR count). The predicted octanol–water partition coefficient (Wildman–Crippen LogP) is 3.83. The average Bonchev–Trinajstić information content (AvgIpc) is 2.61. The molecule has 0 N–H and O–H groups in total. The van der Waals surface area contributed by atoms with Gasteiger partial charge in [-0.2, -0.15) is 0 Å². The van der Waals surface area contributed by atoms with Crippen molar-refractivity contribution in [1.82, 2.24) is 0 Å². The topological polar surface area (TPSA) is 44.8 Å². The lowest BCUT2D eigenvalue weighted by Crippen LogP contribution is -2.43. The summed E-state index contributed by atoms with van der Waals surface area (Å²) in [6.07, 6.45) is 2.03. The van der Waals surface area contributed by atoms with Crippen LogP contribution < -0.4 is 0 Å².